The summed E-state index contributed by atoms with van der Waals surface area (Å²) in [5.41, 5.74) is 8.69. The first-order valence-electron chi connectivity index (χ1n) is 6.34. The lowest BCUT2D eigenvalue weighted by molar-refractivity contribution is 0.181. The molecule has 2 aromatic heterocycles. The number of nitrogens with two attached hydrogens (primary N) is 1. The van der Waals surface area contributed by atoms with Crippen LogP contribution in [0.5, 0.6) is 0 Å². The number of methoxy groups -OCH3 is 1. The SMILES string of the molecule is COCc1nn2c(N)c(C#N)nnc2c1-c1ccc(Cl)cc1. The van der Waals surface area contributed by atoms with Crippen LogP contribution in [0.25, 0.3) is 16.8 Å². The van der Waals surface area contributed by atoms with E-state index < -0.39 is 0 Å². The number of aromatic nitrogens is 4. The molecule has 22 heavy (non-hydrogen) atoms. The van der Waals surface area contributed by atoms with E-state index in [-0.39, 0.29) is 18.1 Å². The van der Waals surface area contributed by atoms with E-state index in [1.54, 1.807) is 19.2 Å². The van der Waals surface area contributed by atoms with Gasteiger partial charge in [-0.3, -0.25) is 0 Å². The Morgan fingerprint density at radius 2 is 2.05 bits per heavy atom. The van der Waals surface area contributed by atoms with Crippen LogP contribution in [0.4, 0.5) is 5.82 Å². The third-order valence-electron chi connectivity index (χ3n) is 3.17. The van der Waals surface area contributed by atoms with Gasteiger partial charge in [-0.1, -0.05) is 23.7 Å². The van der Waals surface area contributed by atoms with E-state index in [2.05, 4.69) is 15.3 Å². The quantitative estimate of drug-likeness (QED) is 0.793. The second kappa shape index (κ2) is 5.60. The highest BCUT2D eigenvalue weighted by atomic mass is 35.5. The Balaban J connectivity index is 2.31. The smallest absolute Gasteiger partial charge is 0.205 e. The molecule has 0 bridgehead atoms. The highest BCUT2D eigenvalue weighted by Gasteiger charge is 2.19. The van der Waals surface area contributed by atoms with Crippen LogP contribution in [0.3, 0.4) is 0 Å². The van der Waals surface area contributed by atoms with Crippen LogP contribution < -0.4 is 5.73 Å². The fourth-order valence-electron chi connectivity index (χ4n) is 2.19. The lowest BCUT2D eigenvalue weighted by Gasteiger charge is -2.03. The van der Waals surface area contributed by atoms with Crippen LogP contribution in [-0.4, -0.2) is 26.9 Å². The third-order valence-corrected chi connectivity index (χ3v) is 3.42. The predicted octanol–water partition coefficient (Wildman–Crippen LogP) is 2.04. The Morgan fingerprint density at radius 3 is 2.68 bits per heavy atom. The Bertz CT molecular complexity index is 881. The third kappa shape index (κ3) is 2.24. The van der Waals surface area contributed by atoms with Crippen molar-refractivity contribution in [3.05, 3.63) is 40.7 Å². The molecule has 2 N–H and O–H groups in total. The van der Waals surface area contributed by atoms with Crippen molar-refractivity contribution in [1.29, 1.82) is 5.26 Å². The van der Waals surface area contributed by atoms with Gasteiger partial charge in [-0.2, -0.15) is 14.9 Å². The highest BCUT2D eigenvalue weighted by Crippen LogP contribution is 2.30. The van der Waals surface area contributed by atoms with Gasteiger partial charge in [-0.05, 0) is 17.7 Å². The predicted molar refractivity (Wildman–Crippen MR) is 81.1 cm³/mol. The lowest BCUT2D eigenvalue weighted by Crippen LogP contribution is -2.06. The molecule has 2 heterocycles. The number of nitrogen functional groups attached to an aromatic ring is 1. The number of hydrogen-bond donors (Lipinski definition) is 1. The molecule has 0 amide bonds. The van der Waals surface area contributed by atoms with Gasteiger partial charge in [0.05, 0.1) is 17.9 Å². The minimum atomic E-state index is 0.0293. The fraction of sp³-hybridized carbons (Fsp3) is 0.143. The monoisotopic (exact) mass is 314 g/mol. The summed E-state index contributed by atoms with van der Waals surface area (Å²) < 4.78 is 6.59. The van der Waals surface area contributed by atoms with E-state index in [0.717, 1.165) is 11.1 Å². The molecule has 0 spiro atoms. The summed E-state index contributed by atoms with van der Waals surface area (Å²) in [5, 5.41) is 21.9. The molecule has 3 aromatic rings. The number of benzene rings is 1. The molecule has 0 atom stereocenters. The van der Waals surface area contributed by atoms with E-state index >= 15 is 0 Å². The van der Waals surface area contributed by atoms with Gasteiger partial charge in [0.2, 0.25) is 5.69 Å². The average Bonchev–Trinajstić information content (AvgIpc) is 2.88. The lowest BCUT2D eigenvalue weighted by atomic mass is 10.1. The number of ether oxygens (including phenoxy) is 1. The van der Waals surface area contributed by atoms with E-state index in [0.29, 0.717) is 16.4 Å². The first-order valence-corrected chi connectivity index (χ1v) is 6.72. The number of fused-ring (bicyclic) bond motifs is 1. The van der Waals surface area contributed by atoms with Crippen LogP contribution in [0, 0.1) is 11.3 Å². The molecule has 7 nitrogen and oxygen atoms in total. The molecule has 110 valence electrons. The van der Waals surface area contributed by atoms with Gasteiger partial charge < -0.3 is 10.5 Å². The second-order valence-corrected chi connectivity index (χ2v) is 4.98. The maximum absolute atomic E-state index is 8.99. The van der Waals surface area contributed by atoms with Crippen molar-refractivity contribution in [3.63, 3.8) is 0 Å². The normalized spacial score (nSPS) is 10.8. The van der Waals surface area contributed by atoms with Crippen molar-refractivity contribution < 1.29 is 4.74 Å². The van der Waals surface area contributed by atoms with E-state index in [1.807, 2.05) is 18.2 Å². The molecule has 0 unspecified atom stereocenters. The Hall–Kier alpha value is -2.69. The summed E-state index contributed by atoms with van der Waals surface area (Å²) in [6.07, 6.45) is 0. The highest BCUT2D eigenvalue weighted by molar-refractivity contribution is 6.30. The van der Waals surface area contributed by atoms with Gasteiger partial charge in [0.15, 0.2) is 11.5 Å². The molecule has 8 heteroatoms. The maximum atomic E-state index is 8.99. The maximum Gasteiger partial charge on any atom is 0.205 e. The fourth-order valence-corrected chi connectivity index (χ4v) is 2.32. The largest absolute Gasteiger partial charge is 0.381 e. The topological polar surface area (TPSA) is 102 Å². The van der Waals surface area contributed by atoms with Crippen LogP contribution >= 0.6 is 11.6 Å². The van der Waals surface area contributed by atoms with Gasteiger partial charge in [-0.25, -0.2) is 0 Å². The molecule has 1 aromatic carbocycles. The summed E-state index contributed by atoms with van der Waals surface area (Å²) in [6, 6.07) is 9.15. The van der Waals surface area contributed by atoms with E-state index in [9.17, 15) is 0 Å². The number of nitrogens with zero attached hydrogens (tertiary/aromatic N) is 5. The first-order chi connectivity index (χ1) is 10.7. The number of hydrogen-bond acceptors (Lipinski definition) is 6. The Morgan fingerprint density at radius 1 is 1.32 bits per heavy atom. The summed E-state index contributed by atoms with van der Waals surface area (Å²) in [5.74, 6) is 0.144. The van der Waals surface area contributed by atoms with Crippen LogP contribution in [-0.2, 0) is 11.3 Å². The molecule has 3 rings (SSSR count). The molecular weight excluding hydrogens is 304 g/mol. The average molecular weight is 315 g/mol. The summed E-state index contributed by atoms with van der Waals surface area (Å²) >= 11 is 5.93. The molecule has 0 aliphatic carbocycles. The first kappa shape index (κ1) is 14.3. The zero-order chi connectivity index (χ0) is 15.7. The number of rotatable bonds is 3. The van der Waals surface area contributed by atoms with Crippen LogP contribution in [0.15, 0.2) is 24.3 Å². The molecule has 0 radical (unpaired) electrons. The van der Waals surface area contributed by atoms with Crippen molar-refractivity contribution in [3.8, 4) is 17.2 Å². The standard InChI is InChI=1S/C14H11ClN6O/c1-22-7-11-12(8-2-4-9(15)5-3-8)14-19-18-10(6-16)13(17)21(14)20-11/h2-5H,7,17H2,1H3. The molecular formula is C14H11ClN6O. The molecule has 0 saturated carbocycles. The minimum absolute atomic E-state index is 0.0293. The number of halogens is 1. The van der Waals surface area contributed by atoms with Gasteiger partial charge in [0.1, 0.15) is 6.07 Å². The van der Waals surface area contributed by atoms with Gasteiger partial charge in [0.25, 0.3) is 0 Å². The molecule has 0 aliphatic rings. The van der Waals surface area contributed by atoms with Crippen LogP contribution in [0.2, 0.25) is 5.02 Å². The van der Waals surface area contributed by atoms with Crippen molar-refractivity contribution in [1.82, 2.24) is 19.8 Å². The zero-order valence-corrected chi connectivity index (χ0v) is 12.4. The molecule has 0 fully saturated rings. The zero-order valence-electron chi connectivity index (χ0n) is 11.6. The van der Waals surface area contributed by atoms with Gasteiger partial charge in [-0.15, -0.1) is 10.2 Å². The van der Waals surface area contributed by atoms with E-state index in [1.165, 1.54) is 4.52 Å². The summed E-state index contributed by atoms with van der Waals surface area (Å²) in [4.78, 5) is 0. The Kier molecular flexibility index (Phi) is 3.63. The summed E-state index contributed by atoms with van der Waals surface area (Å²) in [7, 11) is 1.57. The van der Waals surface area contributed by atoms with Crippen molar-refractivity contribution >= 4 is 23.1 Å². The minimum Gasteiger partial charge on any atom is -0.381 e. The second-order valence-electron chi connectivity index (χ2n) is 4.54. The van der Waals surface area contributed by atoms with Gasteiger partial charge in [0, 0.05) is 12.1 Å². The molecule has 0 aliphatic heterocycles. The van der Waals surface area contributed by atoms with Crippen LogP contribution in [0.1, 0.15) is 11.4 Å². The van der Waals surface area contributed by atoms with E-state index in [4.69, 9.17) is 27.3 Å². The number of anilines is 1. The number of nitriles is 1. The Labute approximate surface area is 130 Å². The van der Waals surface area contributed by atoms with Crippen molar-refractivity contribution in [2.45, 2.75) is 6.61 Å². The van der Waals surface area contributed by atoms with Gasteiger partial charge >= 0.3 is 0 Å². The molecule has 0 saturated heterocycles. The van der Waals surface area contributed by atoms with Crippen molar-refractivity contribution in [2.24, 2.45) is 0 Å². The summed E-state index contributed by atoms with van der Waals surface area (Å²) in [6.45, 7) is 0.280. The van der Waals surface area contributed by atoms with Crippen molar-refractivity contribution in [2.75, 3.05) is 12.8 Å².